The number of rotatable bonds is 2. The summed E-state index contributed by atoms with van der Waals surface area (Å²) in [5, 5.41) is 6.96. The smallest absolute Gasteiger partial charge is 0.178 e. The quantitative estimate of drug-likeness (QED) is 0.286. The van der Waals surface area contributed by atoms with E-state index in [1.54, 1.807) is 0 Å². The minimum atomic E-state index is -0.0235. The zero-order valence-corrected chi connectivity index (χ0v) is 11.4. The molecule has 0 radical (unpaired) electrons. The second kappa shape index (κ2) is 4.19. The first-order valence-corrected chi connectivity index (χ1v) is 7.09. The van der Waals surface area contributed by atoms with Crippen LogP contribution in [0.1, 0.15) is 10.4 Å². The topological polar surface area (TPSA) is 17.1 Å². The molecule has 0 unspecified atom stereocenters. The molecule has 4 rings (SSSR count). The van der Waals surface area contributed by atoms with Crippen LogP contribution in [0.4, 0.5) is 0 Å². The second-order valence-corrected chi connectivity index (χ2v) is 5.29. The van der Waals surface area contributed by atoms with E-state index in [1.165, 1.54) is 16.2 Å². The lowest BCUT2D eigenvalue weighted by Gasteiger charge is -2.12. The first-order valence-electron chi connectivity index (χ1n) is 6.55. The number of carbonyl (C=O) groups excluding carboxylic acids is 1. The van der Waals surface area contributed by atoms with Gasteiger partial charge in [-0.3, -0.25) is 4.79 Å². The molecule has 0 saturated heterocycles. The Hall–Kier alpha value is -2.12. The normalized spacial score (nSPS) is 11.7. The fraction of sp³-hybridized carbons (Fsp3) is 0.0556. The van der Waals surface area contributed by atoms with E-state index in [1.807, 2.05) is 18.2 Å². The molecule has 0 aromatic heterocycles. The molecule has 4 aromatic rings. The van der Waals surface area contributed by atoms with Crippen LogP contribution in [0.3, 0.4) is 0 Å². The standard InChI is InChI=1S/C18H11ClO/c19-10-16(20)14-8-6-13-5-4-11-2-1-3-12-7-9-15(14)18(13)17(11)12/h1-9H,10H2. The van der Waals surface area contributed by atoms with Gasteiger partial charge in [0.05, 0.1) is 5.88 Å². The summed E-state index contributed by atoms with van der Waals surface area (Å²) in [5.74, 6) is -0.00569. The number of Topliss-reactive ketones (excluding diaryl/α,β-unsaturated/α-hetero) is 1. The van der Waals surface area contributed by atoms with Crippen molar-refractivity contribution in [3.05, 3.63) is 60.2 Å². The summed E-state index contributed by atoms with van der Waals surface area (Å²) in [5.41, 5.74) is 0.714. The average Bonchev–Trinajstić information content (AvgIpc) is 2.51. The Balaban J connectivity index is 2.29. The number of alkyl halides is 1. The molecule has 2 heteroatoms. The summed E-state index contributed by atoms with van der Waals surface area (Å²) < 4.78 is 0. The highest BCUT2D eigenvalue weighted by atomic mass is 35.5. The van der Waals surface area contributed by atoms with Gasteiger partial charge >= 0.3 is 0 Å². The predicted octanol–water partition coefficient (Wildman–Crippen LogP) is 5.01. The van der Waals surface area contributed by atoms with Gasteiger partial charge < -0.3 is 0 Å². The molecule has 0 heterocycles. The molecule has 0 atom stereocenters. The molecule has 0 N–H and O–H groups in total. The largest absolute Gasteiger partial charge is 0.293 e. The van der Waals surface area contributed by atoms with Crippen LogP contribution in [0.15, 0.2) is 54.6 Å². The van der Waals surface area contributed by atoms with Crippen molar-refractivity contribution in [3.8, 4) is 0 Å². The summed E-state index contributed by atoms with van der Waals surface area (Å²) in [6.45, 7) is 0. The molecular weight excluding hydrogens is 268 g/mol. The highest BCUT2D eigenvalue weighted by Crippen LogP contribution is 2.35. The van der Waals surface area contributed by atoms with Gasteiger partial charge in [0.1, 0.15) is 0 Å². The maximum absolute atomic E-state index is 12.0. The highest BCUT2D eigenvalue weighted by molar-refractivity contribution is 6.34. The van der Waals surface area contributed by atoms with Crippen molar-refractivity contribution >= 4 is 49.7 Å². The molecule has 20 heavy (non-hydrogen) atoms. The maximum atomic E-state index is 12.0. The van der Waals surface area contributed by atoms with E-state index >= 15 is 0 Å². The van der Waals surface area contributed by atoms with Gasteiger partial charge in [-0.1, -0.05) is 54.6 Å². The molecule has 0 aliphatic carbocycles. The van der Waals surface area contributed by atoms with E-state index in [-0.39, 0.29) is 11.7 Å². The molecule has 0 fully saturated rings. The van der Waals surface area contributed by atoms with E-state index in [4.69, 9.17) is 11.6 Å². The molecule has 96 valence electrons. The summed E-state index contributed by atoms with van der Waals surface area (Å²) in [4.78, 5) is 12.0. The van der Waals surface area contributed by atoms with E-state index in [2.05, 4.69) is 36.4 Å². The Morgan fingerprint density at radius 1 is 0.800 bits per heavy atom. The van der Waals surface area contributed by atoms with Crippen LogP contribution in [0, 0.1) is 0 Å². The SMILES string of the molecule is O=C(CCl)c1ccc2ccc3cccc4ccc1c2c34. The first kappa shape index (κ1) is 11.7. The highest BCUT2D eigenvalue weighted by Gasteiger charge is 2.13. The fourth-order valence-electron chi connectivity index (χ4n) is 3.05. The van der Waals surface area contributed by atoms with Crippen molar-refractivity contribution in [2.24, 2.45) is 0 Å². The van der Waals surface area contributed by atoms with Gasteiger partial charge in [0.2, 0.25) is 0 Å². The van der Waals surface area contributed by atoms with Gasteiger partial charge in [0, 0.05) is 5.56 Å². The molecule has 4 aromatic carbocycles. The molecule has 0 bridgehead atoms. The number of hydrogen-bond acceptors (Lipinski definition) is 1. The summed E-state index contributed by atoms with van der Waals surface area (Å²) in [6.07, 6.45) is 0. The third-order valence-electron chi connectivity index (χ3n) is 3.95. The number of carbonyl (C=O) groups is 1. The van der Waals surface area contributed by atoms with E-state index in [9.17, 15) is 4.79 Å². The number of benzene rings is 4. The van der Waals surface area contributed by atoms with Gasteiger partial charge in [-0.2, -0.15) is 0 Å². The van der Waals surface area contributed by atoms with Crippen molar-refractivity contribution in [1.82, 2.24) is 0 Å². The van der Waals surface area contributed by atoms with Crippen LogP contribution in [0.25, 0.3) is 32.3 Å². The van der Waals surface area contributed by atoms with Crippen LogP contribution in [0.5, 0.6) is 0 Å². The minimum absolute atomic E-state index is 0.0178. The molecule has 0 amide bonds. The van der Waals surface area contributed by atoms with Crippen molar-refractivity contribution < 1.29 is 4.79 Å². The lowest BCUT2D eigenvalue weighted by Crippen LogP contribution is -2.01. The van der Waals surface area contributed by atoms with Gasteiger partial charge in [0.15, 0.2) is 5.78 Å². The van der Waals surface area contributed by atoms with Crippen LogP contribution >= 0.6 is 11.6 Å². The average molecular weight is 279 g/mol. The second-order valence-electron chi connectivity index (χ2n) is 5.03. The van der Waals surface area contributed by atoms with Gasteiger partial charge in [0.25, 0.3) is 0 Å². The monoisotopic (exact) mass is 278 g/mol. The maximum Gasteiger partial charge on any atom is 0.178 e. The number of hydrogen-bond donors (Lipinski definition) is 0. The molecule has 0 aliphatic rings. The van der Waals surface area contributed by atoms with Gasteiger partial charge in [-0.05, 0) is 32.3 Å². The van der Waals surface area contributed by atoms with Crippen LogP contribution < -0.4 is 0 Å². The predicted molar refractivity (Wildman–Crippen MR) is 85.2 cm³/mol. The lowest BCUT2D eigenvalue weighted by molar-refractivity contribution is 0.102. The summed E-state index contributed by atoms with van der Waals surface area (Å²) >= 11 is 5.73. The van der Waals surface area contributed by atoms with Crippen LogP contribution in [-0.4, -0.2) is 11.7 Å². The Morgan fingerprint density at radius 3 is 2.10 bits per heavy atom. The van der Waals surface area contributed by atoms with Crippen molar-refractivity contribution in [3.63, 3.8) is 0 Å². The Bertz CT molecular complexity index is 940. The molecule has 0 saturated carbocycles. The third-order valence-corrected chi connectivity index (χ3v) is 4.19. The summed E-state index contributed by atoms with van der Waals surface area (Å²) in [7, 11) is 0. The van der Waals surface area contributed by atoms with Crippen LogP contribution in [-0.2, 0) is 0 Å². The molecule has 0 aliphatic heterocycles. The third kappa shape index (κ3) is 1.47. The molecule has 0 spiro atoms. The van der Waals surface area contributed by atoms with Crippen molar-refractivity contribution in [1.29, 1.82) is 0 Å². The van der Waals surface area contributed by atoms with E-state index < -0.39 is 0 Å². The number of ketones is 1. The van der Waals surface area contributed by atoms with Crippen molar-refractivity contribution in [2.75, 3.05) is 5.88 Å². The molecule has 1 nitrogen and oxygen atoms in total. The zero-order chi connectivity index (χ0) is 13.7. The van der Waals surface area contributed by atoms with Crippen LogP contribution in [0.2, 0.25) is 0 Å². The Kier molecular flexibility index (Phi) is 2.45. The van der Waals surface area contributed by atoms with E-state index in [0.29, 0.717) is 5.56 Å². The molecular formula is C18H11ClO. The van der Waals surface area contributed by atoms with Crippen molar-refractivity contribution in [2.45, 2.75) is 0 Å². The Morgan fingerprint density at radius 2 is 1.40 bits per heavy atom. The lowest BCUT2D eigenvalue weighted by atomic mass is 9.91. The number of halogens is 1. The summed E-state index contributed by atoms with van der Waals surface area (Å²) in [6, 6.07) is 18.5. The van der Waals surface area contributed by atoms with Gasteiger partial charge in [-0.25, -0.2) is 0 Å². The zero-order valence-electron chi connectivity index (χ0n) is 10.7. The Labute approximate surface area is 121 Å². The fourth-order valence-corrected chi connectivity index (χ4v) is 3.19. The first-order chi connectivity index (χ1) is 9.79. The minimum Gasteiger partial charge on any atom is -0.293 e. The van der Waals surface area contributed by atoms with E-state index in [0.717, 1.165) is 16.2 Å². The van der Waals surface area contributed by atoms with Gasteiger partial charge in [-0.15, -0.1) is 11.6 Å².